The zero-order valence-corrected chi connectivity index (χ0v) is 39.4. The SMILES string of the molecule is CCN(C)c1nc(Nc2ccc(/C=C/c3ccc(Nc4nc(N(C)C)nc(N(C)CCS(=O)(=O)OC)n4)cc3S(=O)(=O)OC)c(S(=O)(=O)OC)c2)nc(N(C)CCS(=O)(=O)OC)n1. The largest absolute Gasteiger partial charge is 0.347 e. The van der Waals surface area contributed by atoms with Crippen molar-refractivity contribution in [3.63, 3.8) is 0 Å². The number of anilines is 8. The van der Waals surface area contributed by atoms with E-state index >= 15 is 0 Å². The standard InChI is InChI=1S/C35H50N12O12S4/c1-11-45(4)33-39-31(41-35(43-33)47(6)19-21-61(50,51)57-8)37-27-17-15-25(29(23-27)63(54,55)59-10)13-12-24-14-16-26(22-28(24)62(52,53)58-9)36-30-38-32(44(2)3)42-34(40-30)46(5)18-20-60(48,49)56-7/h12-17,22-23H,11,18-21H2,1-10H3,(H,36,38,40,42)(H,37,39,41,43)/b13-12+. The third-order valence-electron chi connectivity index (χ3n) is 8.94. The number of nitrogens with zero attached hydrogens (tertiary/aromatic N) is 10. The molecule has 2 heterocycles. The highest BCUT2D eigenvalue weighted by atomic mass is 32.2. The molecule has 0 spiro atoms. The minimum atomic E-state index is -4.38. The molecule has 0 aliphatic carbocycles. The van der Waals surface area contributed by atoms with Crippen molar-refractivity contribution in [3.05, 3.63) is 47.5 Å². The first-order valence-electron chi connectivity index (χ1n) is 18.5. The molecule has 4 aromatic rings. The zero-order chi connectivity index (χ0) is 46.9. The van der Waals surface area contributed by atoms with Crippen LogP contribution in [0.5, 0.6) is 0 Å². The van der Waals surface area contributed by atoms with E-state index in [4.69, 9.17) is 8.37 Å². The minimum Gasteiger partial charge on any atom is -0.347 e. The van der Waals surface area contributed by atoms with E-state index in [0.29, 0.717) is 6.54 Å². The van der Waals surface area contributed by atoms with Crippen LogP contribution in [0.25, 0.3) is 12.2 Å². The van der Waals surface area contributed by atoms with Gasteiger partial charge in [-0.1, -0.05) is 24.3 Å². The quantitative estimate of drug-likeness (QED) is 0.0790. The fraction of sp³-hybridized carbons (Fsp3) is 0.429. The van der Waals surface area contributed by atoms with Gasteiger partial charge in [-0.2, -0.15) is 63.6 Å². The lowest BCUT2D eigenvalue weighted by Crippen LogP contribution is -2.29. The number of nitrogens with one attached hydrogen (secondary N) is 2. The summed E-state index contributed by atoms with van der Waals surface area (Å²) in [6.45, 7) is 2.36. The van der Waals surface area contributed by atoms with E-state index in [2.05, 4.69) is 48.9 Å². The Bertz CT molecular complexity index is 2740. The van der Waals surface area contributed by atoms with Gasteiger partial charge in [0.25, 0.3) is 40.5 Å². The molecule has 0 bridgehead atoms. The second-order valence-corrected chi connectivity index (χ2v) is 20.5. The average molecular weight is 959 g/mol. The summed E-state index contributed by atoms with van der Waals surface area (Å²) in [5, 5.41) is 5.94. The molecule has 2 N–H and O–H groups in total. The Balaban J connectivity index is 1.71. The van der Waals surface area contributed by atoms with Crippen molar-refractivity contribution >= 4 is 99.7 Å². The lowest BCUT2D eigenvalue weighted by Gasteiger charge is -2.21. The number of hydrogen-bond donors (Lipinski definition) is 2. The molecule has 28 heteroatoms. The van der Waals surface area contributed by atoms with Crippen LogP contribution in [0.2, 0.25) is 0 Å². The van der Waals surface area contributed by atoms with Crippen LogP contribution in [0, 0.1) is 0 Å². The van der Waals surface area contributed by atoms with Gasteiger partial charge >= 0.3 is 0 Å². The van der Waals surface area contributed by atoms with E-state index in [1.54, 1.807) is 45.0 Å². The smallest absolute Gasteiger partial charge is 0.297 e. The van der Waals surface area contributed by atoms with Crippen molar-refractivity contribution in [2.45, 2.75) is 16.7 Å². The predicted octanol–water partition coefficient (Wildman–Crippen LogP) is 1.73. The van der Waals surface area contributed by atoms with Crippen molar-refractivity contribution in [1.29, 1.82) is 0 Å². The Labute approximate surface area is 367 Å². The molecular weight excluding hydrogens is 909 g/mol. The molecule has 4 rings (SSSR count). The van der Waals surface area contributed by atoms with Crippen molar-refractivity contribution in [2.24, 2.45) is 0 Å². The monoisotopic (exact) mass is 958 g/mol. The fourth-order valence-electron chi connectivity index (χ4n) is 5.09. The molecule has 24 nitrogen and oxygen atoms in total. The molecule has 0 fully saturated rings. The first-order chi connectivity index (χ1) is 29.5. The molecule has 2 aromatic carbocycles. The molecule has 0 saturated heterocycles. The van der Waals surface area contributed by atoms with E-state index in [1.165, 1.54) is 58.4 Å². The second kappa shape index (κ2) is 20.9. The molecule has 0 saturated carbocycles. The highest BCUT2D eigenvalue weighted by Crippen LogP contribution is 2.30. The van der Waals surface area contributed by atoms with Crippen LogP contribution in [0.15, 0.2) is 46.2 Å². The van der Waals surface area contributed by atoms with E-state index < -0.39 is 40.5 Å². The van der Waals surface area contributed by atoms with Crippen molar-refractivity contribution in [3.8, 4) is 0 Å². The van der Waals surface area contributed by atoms with E-state index in [-0.39, 0.29) is 92.6 Å². The van der Waals surface area contributed by atoms with Gasteiger partial charge < -0.3 is 30.2 Å². The molecule has 0 atom stereocenters. The van der Waals surface area contributed by atoms with E-state index in [1.807, 2.05) is 6.92 Å². The van der Waals surface area contributed by atoms with Crippen LogP contribution in [-0.4, -0.2) is 158 Å². The fourth-order valence-corrected chi connectivity index (χ4v) is 8.17. The summed E-state index contributed by atoms with van der Waals surface area (Å²) >= 11 is 0. The summed E-state index contributed by atoms with van der Waals surface area (Å²) in [4.78, 5) is 32.2. The van der Waals surface area contributed by atoms with Crippen molar-refractivity contribution < 1.29 is 50.4 Å². The molecule has 0 aliphatic rings. The second-order valence-electron chi connectivity index (χ2n) is 13.5. The lowest BCUT2D eigenvalue weighted by atomic mass is 10.1. The van der Waals surface area contributed by atoms with Crippen LogP contribution in [0.3, 0.4) is 0 Å². The number of hydrogen-bond acceptors (Lipinski definition) is 24. The van der Waals surface area contributed by atoms with Gasteiger partial charge in [0, 0.05) is 66.2 Å². The summed E-state index contributed by atoms with van der Waals surface area (Å²) in [6.07, 6.45) is 2.76. The highest BCUT2D eigenvalue weighted by molar-refractivity contribution is 7.87. The topological polar surface area (TPSA) is 288 Å². The highest BCUT2D eigenvalue weighted by Gasteiger charge is 2.23. The van der Waals surface area contributed by atoms with Crippen molar-refractivity contribution in [2.75, 3.05) is 125 Å². The van der Waals surface area contributed by atoms with Gasteiger partial charge in [0.2, 0.25) is 35.7 Å². The number of rotatable bonds is 23. The molecule has 2 aromatic heterocycles. The van der Waals surface area contributed by atoms with Crippen LogP contribution >= 0.6 is 0 Å². The van der Waals surface area contributed by atoms with Crippen LogP contribution in [0.4, 0.5) is 47.1 Å². The summed E-state index contributed by atoms with van der Waals surface area (Å²) in [6, 6.07) is 8.52. The van der Waals surface area contributed by atoms with Gasteiger partial charge in [0.1, 0.15) is 9.79 Å². The lowest BCUT2D eigenvalue weighted by molar-refractivity contribution is 0.396. The summed E-state index contributed by atoms with van der Waals surface area (Å²) in [7, 11) is -3.91. The summed E-state index contributed by atoms with van der Waals surface area (Å²) in [5.41, 5.74) is 0.664. The van der Waals surface area contributed by atoms with Gasteiger partial charge in [-0.15, -0.1) is 0 Å². The third kappa shape index (κ3) is 13.6. The van der Waals surface area contributed by atoms with Gasteiger partial charge in [-0.25, -0.2) is 0 Å². The van der Waals surface area contributed by atoms with Gasteiger partial charge in [-0.3, -0.25) is 16.7 Å². The molecule has 0 amide bonds. The van der Waals surface area contributed by atoms with Crippen LogP contribution < -0.4 is 30.2 Å². The van der Waals surface area contributed by atoms with E-state index in [0.717, 1.165) is 28.4 Å². The Morgan fingerprint density at radius 1 is 0.524 bits per heavy atom. The predicted molar refractivity (Wildman–Crippen MR) is 238 cm³/mol. The Morgan fingerprint density at radius 3 is 1.24 bits per heavy atom. The first-order valence-corrected chi connectivity index (χ1v) is 24.4. The Hall–Kier alpha value is -5.36. The summed E-state index contributed by atoms with van der Waals surface area (Å²) < 4.78 is 120. The van der Waals surface area contributed by atoms with Crippen LogP contribution in [-0.2, 0) is 57.2 Å². The minimum absolute atomic E-state index is 0.00358. The molecule has 0 aliphatic heterocycles. The Kier molecular flexibility index (Phi) is 16.7. The first kappa shape index (κ1) is 50.3. The zero-order valence-electron chi connectivity index (χ0n) is 36.2. The number of aromatic nitrogens is 6. The average Bonchev–Trinajstić information content (AvgIpc) is 3.26. The van der Waals surface area contributed by atoms with Crippen molar-refractivity contribution in [1.82, 2.24) is 29.9 Å². The maximum atomic E-state index is 13.3. The molecule has 0 radical (unpaired) electrons. The maximum absolute atomic E-state index is 13.3. The van der Waals surface area contributed by atoms with Gasteiger partial charge in [-0.05, 0) is 42.3 Å². The Morgan fingerprint density at radius 2 is 0.889 bits per heavy atom. The normalized spacial score (nSPS) is 12.3. The molecule has 0 unspecified atom stereocenters. The van der Waals surface area contributed by atoms with E-state index in [9.17, 15) is 33.7 Å². The number of benzene rings is 2. The van der Waals surface area contributed by atoms with Gasteiger partial charge in [0.15, 0.2) is 0 Å². The molecular formula is C35H50N12O12S4. The van der Waals surface area contributed by atoms with Crippen LogP contribution in [0.1, 0.15) is 18.1 Å². The third-order valence-corrected chi connectivity index (χ3v) is 14.0. The van der Waals surface area contributed by atoms with Gasteiger partial charge in [0.05, 0.1) is 39.9 Å². The maximum Gasteiger partial charge on any atom is 0.297 e. The molecule has 63 heavy (non-hydrogen) atoms. The summed E-state index contributed by atoms with van der Waals surface area (Å²) in [5.74, 6) is 0.0299. The molecule has 346 valence electrons.